The molecule has 4 heteroatoms. The SMILES string of the molecule is CC(C)CS(=O)c1ccc2cc(N)c(N)cc2c1. The molecule has 0 radical (unpaired) electrons. The van der Waals surface area contributed by atoms with E-state index >= 15 is 0 Å². The van der Waals surface area contributed by atoms with Gasteiger partial charge in [0.25, 0.3) is 0 Å². The molecule has 0 aliphatic rings. The van der Waals surface area contributed by atoms with E-state index < -0.39 is 10.8 Å². The molecule has 96 valence electrons. The highest BCUT2D eigenvalue weighted by Gasteiger charge is 2.08. The van der Waals surface area contributed by atoms with Gasteiger partial charge in [-0.25, -0.2) is 0 Å². The lowest BCUT2D eigenvalue weighted by Crippen LogP contribution is -2.04. The minimum absolute atomic E-state index is 0.415. The normalized spacial score (nSPS) is 13.1. The maximum atomic E-state index is 12.1. The van der Waals surface area contributed by atoms with Gasteiger partial charge in [0.1, 0.15) is 0 Å². The molecule has 0 aliphatic carbocycles. The van der Waals surface area contributed by atoms with Gasteiger partial charge in [-0.05, 0) is 41.0 Å². The second-order valence-corrected chi connectivity index (χ2v) is 6.39. The summed E-state index contributed by atoms with van der Waals surface area (Å²) in [4.78, 5) is 0.848. The molecule has 3 nitrogen and oxygen atoms in total. The molecule has 0 aliphatic heterocycles. The van der Waals surface area contributed by atoms with Crippen LogP contribution in [-0.2, 0) is 10.8 Å². The Morgan fingerprint density at radius 3 is 2.28 bits per heavy atom. The Morgan fingerprint density at radius 1 is 1.06 bits per heavy atom. The van der Waals surface area contributed by atoms with Crippen LogP contribution in [-0.4, -0.2) is 9.96 Å². The van der Waals surface area contributed by atoms with Crippen LogP contribution >= 0.6 is 0 Å². The van der Waals surface area contributed by atoms with Crippen LogP contribution < -0.4 is 11.5 Å². The summed E-state index contributed by atoms with van der Waals surface area (Å²) >= 11 is 0. The molecule has 2 aromatic carbocycles. The smallest absolute Gasteiger partial charge is 0.0554 e. The first-order valence-corrected chi connectivity index (χ1v) is 7.26. The van der Waals surface area contributed by atoms with Gasteiger partial charge in [0.05, 0.1) is 22.2 Å². The molecule has 4 N–H and O–H groups in total. The number of anilines is 2. The zero-order chi connectivity index (χ0) is 13.3. The number of rotatable bonds is 3. The molecule has 0 amide bonds. The summed E-state index contributed by atoms with van der Waals surface area (Å²) in [5.74, 6) is 1.09. The van der Waals surface area contributed by atoms with Gasteiger partial charge >= 0.3 is 0 Å². The van der Waals surface area contributed by atoms with Crippen molar-refractivity contribution in [1.29, 1.82) is 0 Å². The third-order valence-corrected chi connectivity index (χ3v) is 4.51. The minimum atomic E-state index is -0.954. The van der Waals surface area contributed by atoms with Crippen molar-refractivity contribution >= 4 is 32.9 Å². The molecule has 0 saturated carbocycles. The van der Waals surface area contributed by atoms with Crippen LogP contribution in [0.3, 0.4) is 0 Å². The Kier molecular flexibility index (Phi) is 3.57. The van der Waals surface area contributed by atoms with E-state index in [0.29, 0.717) is 23.0 Å². The predicted molar refractivity (Wildman–Crippen MR) is 78.9 cm³/mol. The molecular weight excluding hydrogens is 244 g/mol. The van der Waals surface area contributed by atoms with Crippen LogP contribution in [0.1, 0.15) is 13.8 Å². The number of fused-ring (bicyclic) bond motifs is 1. The summed E-state index contributed by atoms with van der Waals surface area (Å²) in [7, 11) is -0.954. The Balaban J connectivity index is 2.44. The van der Waals surface area contributed by atoms with E-state index in [0.717, 1.165) is 15.7 Å². The van der Waals surface area contributed by atoms with Crippen molar-refractivity contribution in [2.75, 3.05) is 17.2 Å². The van der Waals surface area contributed by atoms with E-state index in [1.807, 2.05) is 30.3 Å². The number of nitrogen functional groups attached to an aromatic ring is 2. The summed E-state index contributed by atoms with van der Waals surface area (Å²) < 4.78 is 12.1. The molecule has 0 fully saturated rings. The quantitative estimate of drug-likeness (QED) is 0.836. The van der Waals surface area contributed by atoms with E-state index in [1.165, 1.54) is 0 Å². The Bertz CT molecular complexity index is 608. The zero-order valence-corrected chi connectivity index (χ0v) is 11.5. The molecule has 0 aromatic heterocycles. The van der Waals surface area contributed by atoms with Crippen LogP contribution in [0.4, 0.5) is 11.4 Å². The number of nitrogens with two attached hydrogens (primary N) is 2. The van der Waals surface area contributed by atoms with Crippen LogP contribution in [0, 0.1) is 5.92 Å². The van der Waals surface area contributed by atoms with Crippen LogP contribution in [0.25, 0.3) is 10.8 Å². The summed E-state index contributed by atoms with van der Waals surface area (Å²) in [6.07, 6.45) is 0. The first-order valence-electron chi connectivity index (χ1n) is 5.94. The fourth-order valence-corrected chi connectivity index (χ4v) is 3.13. The van der Waals surface area contributed by atoms with Gasteiger partial charge in [0.15, 0.2) is 0 Å². The number of hydrogen-bond donors (Lipinski definition) is 2. The van der Waals surface area contributed by atoms with E-state index in [9.17, 15) is 4.21 Å². The average Bonchev–Trinajstić information content (AvgIpc) is 2.29. The van der Waals surface area contributed by atoms with Crippen LogP contribution in [0.2, 0.25) is 0 Å². The summed E-state index contributed by atoms with van der Waals surface area (Å²) in [6.45, 7) is 4.13. The molecule has 2 aromatic rings. The van der Waals surface area contributed by atoms with Gasteiger partial charge in [0.2, 0.25) is 0 Å². The second-order valence-electron chi connectivity index (χ2n) is 4.90. The summed E-state index contributed by atoms with van der Waals surface area (Å²) in [5, 5.41) is 2.00. The first kappa shape index (κ1) is 12.9. The summed E-state index contributed by atoms with van der Waals surface area (Å²) in [5.41, 5.74) is 12.7. The van der Waals surface area contributed by atoms with E-state index in [2.05, 4.69) is 13.8 Å². The summed E-state index contributed by atoms with van der Waals surface area (Å²) in [6, 6.07) is 9.46. The van der Waals surface area contributed by atoms with E-state index in [-0.39, 0.29) is 0 Å². The molecule has 1 atom stereocenters. The van der Waals surface area contributed by atoms with Crippen molar-refractivity contribution < 1.29 is 4.21 Å². The highest BCUT2D eigenvalue weighted by Crippen LogP contribution is 2.25. The molecule has 2 rings (SSSR count). The van der Waals surface area contributed by atoms with Crippen molar-refractivity contribution in [1.82, 2.24) is 0 Å². The molecule has 0 bridgehead atoms. The monoisotopic (exact) mass is 262 g/mol. The van der Waals surface area contributed by atoms with E-state index in [4.69, 9.17) is 11.5 Å². The maximum absolute atomic E-state index is 12.1. The second kappa shape index (κ2) is 4.98. The zero-order valence-electron chi connectivity index (χ0n) is 10.6. The molecule has 18 heavy (non-hydrogen) atoms. The Hall–Kier alpha value is -1.55. The molecular formula is C14H18N2OS. The molecule has 1 unspecified atom stereocenters. The molecule has 0 saturated heterocycles. The predicted octanol–water partition coefficient (Wildman–Crippen LogP) is 2.77. The Labute approximate surface area is 110 Å². The Morgan fingerprint density at radius 2 is 1.67 bits per heavy atom. The maximum Gasteiger partial charge on any atom is 0.0554 e. The average molecular weight is 262 g/mol. The van der Waals surface area contributed by atoms with Gasteiger partial charge in [-0.1, -0.05) is 19.9 Å². The van der Waals surface area contributed by atoms with Gasteiger partial charge in [-0.15, -0.1) is 0 Å². The lowest BCUT2D eigenvalue weighted by atomic mass is 10.1. The third-order valence-electron chi connectivity index (χ3n) is 2.76. The minimum Gasteiger partial charge on any atom is -0.397 e. The van der Waals surface area contributed by atoms with Crippen molar-refractivity contribution in [3.63, 3.8) is 0 Å². The lowest BCUT2D eigenvalue weighted by Gasteiger charge is -2.08. The van der Waals surface area contributed by atoms with Gasteiger partial charge in [0, 0.05) is 10.6 Å². The lowest BCUT2D eigenvalue weighted by molar-refractivity contribution is 0.665. The van der Waals surface area contributed by atoms with Gasteiger partial charge in [-0.3, -0.25) is 4.21 Å². The van der Waals surface area contributed by atoms with Crippen molar-refractivity contribution in [2.24, 2.45) is 5.92 Å². The fraction of sp³-hybridized carbons (Fsp3) is 0.286. The largest absolute Gasteiger partial charge is 0.397 e. The highest BCUT2D eigenvalue weighted by atomic mass is 32.2. The van der Waals surface area contributed by atoms with Gasteiger partial charge < -0.3 is 11.5 Å². The van der Waals surface area contributed by atoms with Crippen molar-refractivity contribution in [3.8, 4) is 0 Å². The molecule has 0 spiro atoms. The number of benzene rings is 2. The van der Waals surface area contributed by atoms with Gasteiger partial charge in [-0.2, -0.15) is 0 Å². The first-order chi connectivity index (χ1) is 8.47. The van der Waals surface area contributed by atoms with E-state index in [1.54, 1.807) is 0 Å². The standard InChI is InChI=1S/C14H18N2OS/c1-9(2)8-18(17)12-4-3-10-6-13(15)14(16)7-11(10)5-12/h3-7,9H,8,15-16H2,1-2H3. The third kappa shape index (κ3) is 2.64. The highest BCUT2D eigenvalue weighted by molar-refractivity contribution is 7.85. The topological polar surface area (TPSA) is 69.1 Å². The fourth-order valence-electron chi connectivity index (χ4n) is 1.85. The van der Waals surface area contributed by atoms with Crippen LogP contribution in [0.15, 0.2) is 35.2 Å². The molecule has 0 heterocycles. The van der Waals surface area contributed by atoms with Crippen molar-refractivity contribution in [2.45, 2.75) is 18.7 Å². The van der Waals surface area contributed by atoms with Crippen LogP contribution in [0.5, 0.6) is 0 Å². The number of hydrogen-bond acceptors (Lipinski definition) is 3. The van der Waals surface area contributed by atoms with Crippen molar-refractivity contribution in [3.05, 3.63) is 30.3 Å².